The Morgan fingerprint density at radius 1 is 0.800 bits per heavy atom. The molecule has 0 amide bonds. The SMILES string of the molecule is C[C@H]1C[C@H](CN2CC3(CN(CC4CCCCC4)C3)C2)C1. The molecule has 2 saturated carbocycles. The van der Waals surface area contributed by atoms with Gasteiger partial charge in [-0.25, -0.2) is 0 Å². The van der Waals surface area contributed by atoms with E-state index in [1.807, 2.05) is 0 Å². The maximum absolute atomic E-state index is 2.76. The molecule has 20 heavy (non-hydrogen) atoms. The zero-order chi connectivity index (χ0) is 13.6. The van der Waals surface area contributed by atoms with Crippen molar-refractivity contribution in [1.82, 2.24) is 9.80 Å². The van der Waals surface area contributed by atoms with Crippen molar-refractivity contribution in [3.05, 3.63) is 0 Å². The molecule has 2 aliphatic heterocycles. The average Bonchev–Trinajstić information content (AvgIpc) is 2.32. The Kier molecular flexibility index (Phi) is 3.58. The summed E-state index contributed by atoms with van der Waals surface area (Å²) in [5.74, 6) is 3.10. The van der Waals surface area contributed by atoms with Crippen molar-refractivity contribution in [2.45, 2.75) is 51.9 Å². The first-order chi connectivity index (χ1) is 9.71. The summed E-state index contributed by atoms with van der Waals surface area (Å²) in [6.07, 6.45) is 10.5. The van der Waals surface area contributed by atoms with E-state index in [0.29, 0.717) is 0 Å². The molecule has 2 nitrogen and oxygen atoms in total. The molecule has 2 heterocycles. The van der Waals surface area contributed by atoms with Gasteiger partial charge in [0.2, 0.25) is 0 Å². The molecule has 0 aromatic heterocycles. The zero-order valence-electron chi connectivity index (χ0n) is 13.3. The molecule has 0 unspecified atom stereocenters. The normalized spacial score (nSPS) is 38.2. The Morgan fingerprint density at radius 2 is 1.35 bits per heavy atom. The van der Waals surface area contributed by atoms with Gasteiger partial charge in [0.1, 0.15) is 0 Å². The van der Waals surface area contributed by atoms with Crippen LogP contribution in [0.25, 0.3) is 0 Å². The minimum Gasteiger partial charge on any atom is -0.302 e. The van der Waals surface area contributed by atoms with Gasteiger partial charge >= 0.3 is 0 Å². The molecule has 2 heteroatoms. The summed E-state index contributed by atoms with van der Waals surface area (Å²) in [6, 6.07) is 0. The van der Waals surface area contributed by atoms with Crippen LogP contribution in [0.3, 0.4) is 0 Å². The number of nitrogens with zero attached hydrogens (tertiary/aromatic N) is 2. The van der Waals surface area contributed by atoms with Crippen molar-refractivity contribution in [1.29, 1.82) is 0 Å². The first kappa shape index (κ1) is 13.6. The summed E-state index contributed by atoms with van der Waals surface area (Å²) in [5.41, 5.74) is 0.740. The van der Waals surface area contributed by atoms with Crippen LogP contribution in [0, 0.1) is 23.2 Å². The van der Waals surface area contributed by atoms with Crippen LogP contribution in [0.4, 0.5) is 0 Å². The fourth-order valence-electron chi connectivity index (χ4n) is 5.58. The second-order valence-corrected chi connectivity index (χ2v) is 8.79. The van der Waals surface area contributed by atoms with Crippen molar-refractivity contribution in [3.8, 4) is 0 Å². The summed E-state index contributed by atoms with van der Waals surface area (Å²) in [5, 5.41) is 0. The fourth-order valence-corrected chi connectivity index (χ4v) is 5.58. The highest BCUT2D eigenvalue weighted by Crippen LogP contribution is 2.43. The van der Waals surface area contributed by atoms with Crippen LogP contribution >= 0.6 is 0 Å². The van der Waals surface area contributed by atoms with Crippen molar-refractivity contribution >= 4 is 0 Å². The smallest absolute Gasteiger partial charge is 0.0212 e. The minimum atomic E-state index is 0.740. The van der Waals surface area contributed by atoms with Gasteiger partial charge in [-0.05, 0) is 43.4 Å². The van der Waals surface area contributed by atoms with Gasteiger partial charge in [-0.1, -0.05) is 26.2 Å². The fraction of sp³-hybridized carbons (Fsp3) is 1.00. The number of likely N-dealkylation sites (tertiary alicyclic amines) is 2. The Bertz CT molecular complexity index is 327. The lowest BCUT2D eigenvalue weighted by atomic mass is 9.70. The molecule has 0 aromatic rings. The predicted molar refractivity (Wildman–Crippen MR) is 83.8 cm³/mol. The quantitative estimate of drug-likeness (QED) is 0.778. The molecule has 0 N–H and O–H groups in total. The molecule has 4 fully saturated rings. The van der Waals surface area contributed by atoms with E-state index in [9.17, 15) is 0 Å². The first-order valence-electron chi connectivity index (χ1n) is 9.15. The standard InChI is InChI=1S/C18H32N2/c1-15-7-17(8-15)10-20-13-18(14-20)11-19(12-18)9-16-5-3-2-4-6-16/h15-17H,2-14H2,1H3/t15-,17-. The molecule has 1 spiro atoms. The lowest BCUT2D eigenvalue weighted by Gasteiger charge is -2.62. The van der Waals surface area contributed by atoms with Gasteiger partial charge in [0.15, 0.2) is 0 Å². The Labute approximate surface area is 124 Å². The predicted octanol–water partition coefficient (Wildman–Crippen LogP) is 3.23. The number of hydrogen-bond donors (Lipinski definition) is 0. The van der Waals surface area contributed by atoms with Gasteiger partial charge in [-0.15, -0.1) is 0 Å². The first-order valence-corrected chi connectivity index (χ1v) is 9.15. The topological polar surface area (TPSA) is 6.48 Å². The highest BCUT2D eigenvalue weighted by Gasteiger charge is 2.51. The second-order valence-electron chi connectivity index (χ2n) is 8.79. The third kappa shape index (κ3) is 2.66. The lowest BCUT2D eigenvalue weighted by molar-refractivity contribution is -0.127. The van der Waals surface area contributed by atoms with E-state index < -0.39 is 0 Å². The zero-order valence-corrected chi connectivity index (χ0v) is 13.3. The molecular weight excluding hydrogens is 244 g/mol. The van der Waals surface area contributed by atoms with Crippen LogP contribution < -0.4 is 0 Å². The van der Waals surface area contributed by atoms with Gasteiger partial charge in [-0.2, -0.15) is 0 Å². The third-order valence-corrected chi connectivity index (χ3v) is 6.47. The number of rotatable bonds is 4. The van der Waals surface area contributed by atoms with Crippen LogP contribution in [0.2, 0.25) is 0 Å². The largest absolute Gasteiger partial charge is 0.302 e. The average molecular weight is 276 g/mol. The Morgan fingerprint density at radius 3 is 1.90 bits per heavy atom. The maximum Gasteiger partial charge on any atom is 0.0212 e. The highest BCUT2D eigenvalue weighted by molar-refractivity contribution is 5.06. The third-order valence-electron chi connectivity index (χ3n) is 6.47. The van der Waals surface area contributed by atoms with Crippen LogP contribution in [-0.4, -0.2) is 49.1 Å². The molecule has 0 atom stereocenters. The summed E-state index contributed by atoms with van der Waals surface area (Å²) in [4.78, 5) is 5.51. The van der Waals surface area contributed by atoms with Crippen molar-refractivity contribution in [3.63, 3.8) is 0 Å². The lowest BCUT2D eigenvalue weighted by Crippen LogP contribution is -2.72. The van der Waals surface area contributed by atoms with Crippen LogP contribution in [0.1, 0.15) is 51.9 Å². The second kappa shape index (κ2) is 5.28. The van der Waals surface area contributed by atoms with E-state index in [0.717, 1.165) is 23.2 Å². The molecule has 0 bridgehead atoms. The molecule has 2 saturated heterocycles. The molecule has 2 aliphatic carbocycles. The Hall–Kier alpha value is -0.0800. The van der Waals surface area contributed by atoms with Crippen molar-refractivity contribution in [2.75, 3.05) is 39.3 Å². The van der Waals surface area contributed by atoms with E-state index in [4.69, 9.17) is 0 Å². The van der Waals surface area contributed by atoms with Gasteiger partial charge in [-0.3, -0.25) is 0 Å². The van der Waals surface area contributed by atoms with E-state index in [1.54, 1.807) is 0 Å². The van der Waals surface area contributed by atoms with E-state index >= 15 is 0 Å². The molecular formula is C18H32N2. The van der Waals surface area contributed by atoms with Crippen molar-refractivity contribution in [2.24, 2.45) is 23.2 Å². The van der Waals surface area contributed by atoms with Crippen LogP contribution in [-0.2, 0) is 0 Å². The minimum absolute atomic E-state index is 0.740. The summed E-state index contributed by atoms with van der Waals surface area (Å²) in [6.45, 7) is 10.9. The van der Waals surface area contributed by atoms with Gasteiger partial charge in [0.05, 0.1) is 0 Å². The summed E-state index contributed by atoms with van der Waals surface area (Å²) >= 11 is 0. The van der Waals surface area contributed by atoms with E-state index in [2.05, 4.69) is 16.7 Å². The van der Waals surface area contributed by atoms with Gasteiger partial charge in [0.25, 0.3) is 0 Å². The van der Waals surface area contributed by atoms with Gasteiger partial charge < -0.3 is 9.80 Å². The summed E-state index contributed by atoms with van der Waals surface area (Å²) in [7, 11) is 0. The van der Waals surface area contributed by atoms with Gasteiger partial charge in [0, 0.05) is 44.7 Å². The molecule has 4 aliphatic rings. The molecule has 4 rings (SSSR count). The summed E-state index contributed by atoms with van der Waals surface area (Å²) < 4.78 is 0. The molecule has 114 valence electrons. The van der Waals surface area contributed by atoms with E-state index in [1.165, 1.54) is 84.2 Å². The van der Waals surface area contributed by atoms with Crippen molar-refractivity contribution < 1.29 is 0 Å². The molecule has 0 radical (unpaired) electrons. The monoisotopic (exact) mass is 276 g/mol. The van der Waals surface area contributed by atoms with Crippen LogP contribution in [0.5, 0.6) is 0 Å². The van der Waals surface area contributed by atoms with Crippen LogP contribution in [0.15, 0.2) is 0 Å². The molecule has 0 aromatic carbocycles. The number of hydrogen-bond acceptors (Lipinski definition) is 2. The Balaban J connectivity index is 1.13. The highest BCUT2D eigenvalue weighted by atomic mass is 15.3. The maximum atomic E-state index is 2.76. The van der Waals surface area contributed by atoms with E-state index in [-0.39, 0.29) is 0 Å².